The van der Waals surface area contributed by atoms with Crippen LogP contribution >= 0.6 is 11.6 Å². The summed E-state index contributed by atoms with van der Waals surface area (Å²) in [5.74, 6) is -2.29. The van der Waals surface area contributed by atoms with E-state index in [1.54, 1.807) is 0 Å². The van der Waals surface area contributed by atoms with Gasteiger partial charge in [0.1, 0.15) is 11.6 Å². The number of nitrogens with one attached hydrogen (secondary N) is 2. The van der Waals surface area contributed by atoms with E-state index in [0.29, 0.717) is 16.8 Å². The zero-order chi connectivity index (χ0) is 21.7. The molecule has 30 heavy (non-hydrogen) atoms. The molecular formula is C20H14ClF2N3O3S. The molecule has 0 saturated heterocycles. The van der Waals surface area contributed by atoms with Crippen molar-refractivity contribution in [1.29, 1.82) is 0 Å². The number of amides is 1. The summed E-state index contributed by atoms with van der Waals surface area (Å²) in [6, 6.07) is 14.2. The third-order valence-electron chi connectivity index (χ3n) is 3.84. The van der Waals surface area contributed by atoms with Crippen molar-refractivity contribution in [2.45, 2.75) is 4.90 Å². The lowest BCUT2D eigenvalue weighted by atomic mass is 10.2. The number of rotatable bonds is 6. The molecular weight excluding hydrogens is 436 g/mol. The summed E-state index contributed by atoms with van der Waals surface area (Å²) in [5, 5.41) is 4.07. The highest BCUT2D eigenvalue weighted by atomic mass is 35.5. The van der Waals surface area contributed by atoms with Gasteiger partial charge in [-0.2, -0.15) is 5.10 Å². The first-order valence-corrected chi connectivity index (χ1v) is 10.3. The number of nitrogens with zero attached hydrogens (tertiary/aromatic N) is 1. The number of hydrazone groups is 1. The van der Waals surface area contributed by atoms with Gasteiger partial charge >= 0.3 is 0 Å². The number of carbonyl (C=O) groups is 1. The monoisotopic (exact) mass is 449 g/mol. The van der Waals surface area contributed by atoms with Gasteiger partial charge in [-0.1, -0.05) is 17.7 Å². The molecule has 0 heterocycles. The van der Waals surface area contributed by atoms with E-state index in [1.165, 1.54) is 48.5 Å². The third-order valence-corrected chi connectivity index (χ3v) is 5.47. The Morgan fingerprint density at radius 2 is 1.73 bits per heavy atom. The number of hydrogen-bond acceptors (Lipinski definition) is 4. The Bertz CT molecular complexity index is 1220. The average molecular weight is 450 g/mol. The molecule has 0 radical (unpaired) electrons. The summed E-state index contributed by atoms with van der Waals surface area (Å²) in [6.45, 7) is 0. The molecule has 0 bridgehead atoms. The van der Waals surface area contributed by atoms with Crippen molar-refractivity contribution in [3.63, 3.8) is 0 Å². The zero-order valence-corrected chi connectivity index (χ0v) is 16.7. The van der Waals surface area contributed by atoms with Crippen LogP contribution in [-0.4, -0.2) is 20.5 Å². The first kappa shape index (κ1) is 21.4. The van der Waals surface area contributed by atoms with E-state index in [1.807, 2.05) is 0 Å². The van der Waals surface area contributed by atoms with Gasteiger partial charge in [0.25, 0.3) is 15.9 Å². The summed E-state index contributed by atoms with van der Waals surface area (Å²) in [7, 11) is -3.95. The first-order chi connectivity index (χ1) is 14.2. The molecule has 154 valence electrons. The van der Waals surface area contributed by atoms with E-state index in [-0.39, 0.29) is 16.0 Å². The van der Waals surface area contributed by atoms with Gasteiger partial charge < -0.3 is 0 Å². The summed E-state index contributed by atoms with van der Waals surface area (Å²) in [5.41, 5.74) is 2.46. The highest BCUT2D eigenvalue weighted by Gasteiger charge is 2.16. The van der Waals surface area contributed by atoms with Crippen LogP contribution in [0.3, 0.4) is 0 Å². The van der Waals surface area contributed by atoms with E-state index >= 15 is 0 Å². The van der Waals surface area contributed by atoms with E-state index in [9.17, 15) is 22.0 Å². The molecule has 3 rings (SSSR count). The third kappa shape index (κ3) is 5.40. The first-order valence-electron chi connectivity index (χ1n) is 8.41. The van der Waals surface area contributed by atoms with Crippen molar-refractivity contribution in [3.8, 4) is 0 Å². The molecule has 0 aliphatic heterocycles. The van der Waals surface area contributed by atoms with Gasteiger partial charge in [-0.25, -0.2) is 22.6 Å². The Kier molecular flexibility index (Phi) is 6.43. The minimum atomic E-state index is -3.95. The molecule has 0 unspecified atom stereocenters. The smallest absolute Gasteiger partial charge is 0.271 e. The molecule has 2 N–H and O–H groups in total. The summed E-state index contributed by atoms with van der Waals surface area (Å²) < 4.78 is 53.9. The molecule has 3 aromatic rings. The molecule has 0 aromatic heterocycles. The van der Waals surface area contributed by atoms with Crippen molar-refractivity contribution < 1.29 is 22.0 Å². The topological polar surface area (TPSA) is 87.6 Å². The predicted molar refractivity (Wildman–Crippen MR) is 110 cm³/mol. The summed E-state index contributed by atoms with van der Waals surface area (Å²) in [6.07, 6.45) is 1.01. The zero-order valence-electron chi connectivity index (χ0n) is 15.1. The van der Waals surface area contributed by atoms with Crippen molar-refractivity contribution in [1.82, 2.24) is 5.43 Å². The Hall–Kier alpha value is -3.30. The Labute approximate surface area is 176 Å². The quantitative estimate of drug-likeness (QED) is 0.437. The van der Waals surface area contributed by atoms with Crippen LogP contribution in [0.1, 0.15) is 15.9 Å². The van der Waals surface area contributed by atoms with E-state index in [0.717, 1.165) is 18.3 Å². The fourth-order valence-corrected chi connectivity index (χ4v) is 3.60. The van der Waals surface area contributed by atoms with Gasteiger partial charge in [-0.05, 0) is 54.6 Å². The molecule has 0 aliphatic carbocycles. The van der Waals surface area contributed by atoms with Crippen molar-refractivity contribution >= 4 is 39.4 Å². The molecule has 6 nitrogen and oxygen atoms in total. The van der Waals surface area contributed by atoms with Crippen LogP contribution in [0.4, 0.5) is 14.5 Å². The maximum absolute atomic E-state index is 13.6. The van der Waals surface area contributed by atoms with Crippen molar-refractivity contribution in [2.75, 3.05) is 4.72 Å². The maximum Gasteiger partial charge on any atom is 0.271 e. The minimum absolute atomic E-state index is 0.0192. The van der Waals surface area contributed by atoms with E-state index in [4.69, 9.17) is 11.6 Å². The standard InChI is InChI=1S/C20H14ClF2N3O3S/c21-15-5-8-17(9-6-15)26-30(28,29)18-3-1-2-13(10-18)20(27)25-24-12-14-4-7-16(22)11-19(14)23/h1-12,26H,(H,25,27). The van der Waals surface area contributed by atoms with Gasteiger partial charge in [0.2, 0.25) is 0 Å². The maximum atomic E-state index is 13.6. The molecule has 1 amide bonds. The van der Waals surface area contributed by atoms with Crippen LogP contribution in [0.15, 0.2) is 76.7 Å². The Balaban J connectivity index is 1.73. The highest BCUT2D eigenvalue weighted by Crippen LogP contribution is 2.19. The molecule has 0 spiro atoms. The second-order valence-corrected chi connectivity index (χ2v) is 8.12. The van der Waals surface area contributed by atoms with Crippen LogP contribution in [0.2, 0.25) is 5.02 Å². The lowest BCUT2D eigenvalue weighted by molar-refractivity contribution is 0.0955. The fourth-order valence-electron chi connectivity index (χ4n) is 2.37. The Morgan fingerprint density at radius 3 is 2.43 bits per heavy atom. The minimum Gasteiger partial charge on any atom is -0.280 e. The van der Waals surface area contributed by atoms with Gasteiger partial charge in [-0.3, -0.25) is 9.52 Å². The average Bonchev–Trinajstić information content (AvgIpc) is 2.71. The number of sulfonamides is 1. The molecule has 0 atom stereocenters. The summed E-state index contributed by atoms with van der Waals surface area (Å²) in [4.78, 5) is 12.1. The molecule has 3 aromatic carbocycles. The second kappa shape index (κ2) is 9.02. The van der Waals surface area contributed by atoms with Crippen molar-refractivity contribution in [3.05, 3.63) is 94.5 Å². The Morgan fingerprint density at radius 1 is 1.00 bits per heavy atom. The van der Waals surface area contributed by atoms with Crippen LogP contribution < -0.4 is 10.1 Å². The predicted octanol–water partition coefficient (Wildman–Crippen LogP) is 4.18. The van der Waals surface area contributed by atoms with Crippen LogP contribution in [0.5, 0.6) is 0 Å². The summed E-state index contributed by atoms with van der Waals surface area (Å²) >= 11 is 5.78. The number of halogens is 3. The van der Waals surface area contributed by atoms with Gasteiger partial charge in [0, 0.05) is 27.9 Å². The number of carbonyl (C=O) groups excluding carboxylic acids is 1. The fraction of sp³-hybridized carbons (Fsp3) is 0. The van der Waals surface area contributed by atoms with E-state index in [2.05, 4.69) is 15.2 Å². The SMILES string of the molecule is O=C(NN=Cc1ccc(F)cc1F)c1cccc(S(=O)(=O)Nc2ccc(Cl)cc2)c1. The molecule has 0 fully saturated rings. The van der Waals surface area contributed by atoms with Gasteiger partial charge in [0.05, 0.1) is 11.1 Å². The van der Waals surface area contributed by atoms with Crippen molar-refractivity contribution in [2.24, 2.45) is 5.10 Å². The lowest BCUT2D eigenvalue weighted by Crippen LogP contribution is -2.19. The largest absolute Gasteiger partial charge is 0.280 e. The number of hydrogen-bond donors (Lipinski definition) is 2. The lowest BCUT2D eigenvalue weighted by Gasteiger charge is -2.09. The normalized spacial score (nSPS) is 11.4. The van der Waals surface area contributed by atoms with Crippen LogP contribution in [0, 0.1) is 11.6 Å². The van der Waals surface area contributed by atoms with E-state index < -0.39 is 27.6 Å². The number of anilines is 1. The van der Waals surface area contributed by atoms with Gasteiger partial charge in [-0.15, -0.1) is 0 Å². The molecule has 0 saturated carbocycles. The highest BCUT2D eigenvalue weighted by molar-refractivity contribution is 7.92. The van der Waals surface area contributed by atoms with Crippen LogP contribution in [-0.2, 0) is 10.0 Å². The molecule has 0 aliphatic rings. The van der Waals surface area contributed by atoms with Crippen LogP contribution in [0.25, 0.3) is 0 Å². The number of benzene rings is 3. The molecule has 10 heteroatoms. The second-order valence-electron chi connectivity index (χ2n) is 6.01. The van der Waals surface area contributed by atoms with Gasteiger partial charge in [0.15, 0.2) is 0 Å².